The fourth-order valence-corrected chi connectivity index (χ4v) is 4.25. The predicted molar refractivity (Wildman–Crippen MR) is 119 cm³/mol. The number of carbonyl (C=O) groups excluding carboxylic acids is 2. The van der Waals surface area contributed by atoms with Gasteiger partial charge in [-0.3, -0.25) is 14.4 Å². The van der Waals surface area contributed by atoms with Gasteiger partial charge in [0.05, 0.1) is 5.69 Å². The van der Waals surface area contributed by atoms with Crippen molar-refractivity contribution in [3.63, 3.8) is 0 Å². The zero-order chi connectivity index (χ0) is 22.8. The van der Waals surface area contributed by atoms with Crippen molar-refractivity contribution in [1.82, 2.24) is 19.9 Å². The van der Waals surface area contributed by atoms with E-state index >= 15 is 0 Å². The molecule has 32 heavy (non-hydrogen) atoms. The van der Waals surface area contributed by atoms with Crippen LogP contribution in [0.15, 0.2) is 45.8 Å². The molecule has 0 radical (unpaired) electrons. The summed E-state index contributed by atoms with van der Waals surface area (Å²) in [6.45, 7) is 4.63. The lowest BCUT2D eigenvalue weighted by atomic mass is 9.95. The summed E-state index contributed by atoms with van der Waals surface area (Å²) in [4.78, 5) is 40.6. The summed E-state index contributed by atoms with van der Waals surface area (Å²) in [6.07, 6.45) is 2.89. The number of hydrogen-bond acceptors (Lipinski definition) is 5. The third-order valence-corrected chi connectivity index (χ3v) is 5.94. The number of fused-ring (bicyclic) bond motifs is 1. The highest BCUT2D eigenvalue weighted by Gasteiger charge is 2.30. The maximum atomic E-state index is 13.2. The third kappa shape index (κ3) is 3.95. The molecule has 0 aliphatic carbocycles. The van der Waals surface area contributed by atoms with E-state index in [-0.39, 0.29) is 17.0 Å². The minimum absolute atomic E-state index is 0.157. The van der Waals surface area contributed by atoms with Crippen LogP contribution in [0.5, 0.6) is 0 Å². The SMILES string of the molecule is CNC(=O)c1c2c(cn(CCc3ccccc3)c1=O)CN(C(=O)c1c(C)noc1C)CC2. The van der Waals surface area contributed by atoms with E-state index in [1.807, 2.05) is 30.3 Å². The summed E-state index contributed by atoms with van der Waals surface area (Å²) in [5, 5.41) is 6.47. The minimum atomic E-state index is -0.397. The van der Waals surface area contributed by atoms with Crippen LogP contribution in [0.2, 0.25) is 0 Å². The summed E-state index contributed by atoms with van der Waals surface area (Å²) in [6, 6.07) is 9.88. The highest BCUT2D eigenvalue weighted by molar-refractivity contribution is 5.97. The van der Waals surface area contributed by atoms with Gasteiger partial charge in [0.25, 0.3) is 17.4 Å². The second-order valence-corrected chi connectivity index (χ2v) is 8.00. The highest BCUT2D eigenvalue weighted by atomic mass is 16.5. The van der Waals surface area contributed by atoms with Crippen LogP contribution in [0.3, 0.4) is 0 Å². The Morgan fingerprint density at radius 3 is 2.56 bits per heavy atom. The molecule has 0 saturated heterocycles. The van der Waals surface area contributed by atoms with Gasteiger partial charge < -0.3 is 19.3 Å². The van der Waals surface area contributed by atoms with Crippen LogP contribution >= 0.6 is 0 Å². The van der Waals surface area contributed by atoms with Crippen molar-refractivity contribution >= 4 is 11.8 Å². The molecule has 166 valence electrons. The molecule has 0 spiro atoms. The molecule has 8 heteroatoms. The molecule has 0 atom stereocenters. The number of rotatable bonds is 5. The molecule has 0 fully saturated rings. The summed E-state index contributed by atoms with van der Waals surface area (Å²) < 4.78 is 6.74. The Morgan fingerprint density at radius 2 is 1.91 bits per heavy atom. The molecule has 1 aliphatic rings. The average molecular weight is 434 g/mol. The van der Waals surface area contributed by atoms with E-state index in [1.165, 1.54) is 7.05 Å². The Kier molecular flexibility index (Phi) is 5.94. The van der Waals surface area contributed by atoms with E-state index in [9.17, 15) is 14.4 Å². The molecule has 8 nitrogen and oxygen atoms in total. The number of nitrogens with zero attached hydrogens (tertiary/aromatic N) is 3. The van der Waals surface area contributed by atoms with Gasteiger partial charge in [0.2, 0.25) is 0 Å². The first-order chi connectivity index (χ1) is 15.4. The Morgan fingerprint density at radius 1 is 1.16 bits per heavy atom. The van der Waals surface area contributed by atoms with E-state index in [2.05, 4.69) is 10.5 Å². The standard InChI is InChI=1S/C24H26N4O4/c1-15-20(16(2)32-26-15)23(30)28-12-10-19-18(14-28)13-27(24(31)21(19)22(29)25-3)11-9-17-7-5-4-6-8-17/h4-8,13H,9-12,14H2,1-3H3,(H,25,29). The van der Waals surface area contributed by atoms with Crippen LogP contribution in [-0.4, -0.2) is 40.0 Å². The van der Waals surface area contributed by atoms with Gasteiger partial charge in [-0.05, 0) is 43.4 Å². The lowest BCUT2D eigenvalue weighted by Gasteiger charge is -2.30. The smallest absolute Gasteiger partial charge is 0.263 e. The van der Waals surface area contributed by atoms with Gasteiger partial charge in [0.15, 0.2) is 0 Å². The minimum Gasteiger partial charge on any atom is -0.361 e. The van der Waals surface area contributed by atoms with Crippen LogP contribution in [0, 0.1) is 13.8 Å². The lowest BCUT2D eigenvalue weighted by molar-refractivity contribution is 0.0731. The average Bonchev–Trinajstić information content (AvgIpc) is 3.15. The van der Waals surface area contributed by atoms with Crippen molar-refractivity contribution in [3.8, 4) is 0 Å². The molecule has 4 rings (SSSR count). The Bertz CT molecular complexity index is 1210. The Labute approximate surface area is 185 Å². The topological polar surface area (TPSA) is 97.4 Å². The van der Waals surface area contributed by atoms with Gasteiger partial charge in [-0.2, -0.15) is 0 Å². The van der Waals surface area contributed by atoms with E-state index in [4.69, 9.17) is 4.52 Å². The molecular weight excluding hydrogens is 408 g/mol. The van der Waals surface area contributed by atoms with Crippen LogP contribution < -0.4 is 10.9 Å². The number of amides is 2. The number of carbonyl (C=O) groups is 2. The Hall–Kier alpha value is -3.68. The summed E-state index contributed by atoms with van der Waals surface area (Å²) in [5.74, 6) is -0.0709. The molecule has 1 aliphatic heterocycles. The Balaban J connectivity index is 1.68. The maximum absolute atomic E-state index is 13.2. The fourth-order valence-electron chi connectivity index (χ4n) is 4.25. The predicted octanol–water partition coefficient (Wildman–Crippen LogP) is 2.25. The van der Waals surface area contributed by atoms with Crippen LogP contribution in [-0.2, 0) is 25.9 Å². The number of pyridine rings is 1. The molecule has 1 aromatic carbocycles. The third-order valence-electron chi connectivity index (χ3n) is 5.94. The molecule has 0 unspecified atom stereocenters. The van der Waals surface area contributed by atoms with E-state index in [0.29, 0.717) is 55.1 Å². The van der Waals surface area contributed by atoms with Gasteiger partial charge >= 0.3 is 0 Å². The van der Waals surface area contributed by atoms with Crippen molar-refractivity contribution in [2.45, 2.75) is 39.8 Å². The van der Waals surface area contributed by atoms with Crippen LogP contribution in [0.1, 0.15) is 48.9 Å². The van der Waals surface area contributed by atoms with Gasteiger partial charge in [0.1, 0.15) is 16.9 Å². The van der Waals surface area contributed by atoms with Gasteiger partial charge in [0, 0.05) is 32.9 Å². The number of aromatic nitrogens is 2. The van der Waals surface area contributed by atoms with E-state index in [0.717, 1.165) is 11.1 Å². The normalized spacial score (nSPS) is 13.0. The van der Waals surface area contributed by atoms with Crippen LogP contribution in [0.4, 0.5) is 0 Å². The first-order valence-electron chi connectivity index (χ1n) is 10.6. The number of aryl methyl sites for hydroxylation is 4. The van der Waals surface area contributed by atoms with Crippen molar-refractivity contribution < 1.29 is 14.1 Å². The van der Waals surface area contributed by atoms with E-state index < -0.39 is 5.91 Å². The molecular formula is C24H26N4O4. The molecule has 0 saturated carbocycles. The molecule has 2 amide bonds. The van der Waals surface area contributed by atoms with Gasteiger partial charge in [-0.25, -0.2) is 0 Å². The first kappa shape index (κ1) is 21.5. The molecule has 3 aromatic rings. The van der Waals surface area contributed by atoms with Crippen molar-refractivity contribution in [2.75, 3.05) is 13.6 Å². The van der Waals surface area contributed by atoms with E-state index in [1.54, 1.807) is 29.5 Å². The maximum Gasteiger partial charge on any atom is 0.263 e. The quantitative estimate of drug-likeness (QED) is 0.664. The number of nitrogens with one attached hydrogen (secondary N) is 1. The zero-order valence-corrected chi connectivity index (χ0v) is 18.5. The summed E-state index contributed by atoms with van der Waals surface area (Å²) >= 11 is 0. The summed E-state index contributed by atoms with van der Waals surface area (Å²) in [7, 11) is 1.52. The van der Waals surface area contributed by atoms with Gasteiger partial charge in [-0.1, -0.05) is 35.5 Å². The number of hydrogen-bond donors (Lipinski definition) is 1. The molecule has 0 bridgehead atoms. The summed E-state index contributed by atoms with van der Waals surface area (Å²) in [5.41, 5.74) is 3.52. The second-order valence-electron chi connectivity index (χ2n) is 8.00. The first-order valence-corrected chi connectivity index (χ1v) is 10.6. The molecule has 3 heterocycles. The van der Waals surface area contributed by atoms with Gasteiger partial charge in [-0.15, -0.1) is 0 Å². The van der Waals surface area contributed by atoms with Crippen molar-refractivity contribution in [1.29, 1.82) is 0 Å². The van der Waals surface area contributed by atoms with Crippen molar-refractivity contribution in [2.24, 2.45) is 0 Å². The zero-order valence-electron chi connectivity index (χ0n) is 18.5. The monoisotopic (exact) mass is 434 g/mol. The van der Waals surface area contributed by atoms with Crippen molar-refractivity contribution in [3.05, 3.63) is 86.2 Å². The number of benzene rings is 1. The molecule has 2 aromatic heterocycles. The van der Waals surface area contributed by atoms with Crippen LogP contribution in [0.25, 0.3) is 0 Å². The molecule has 1 N–H and O–H groups in total. The fraction of sp³-hybridized carbons (Fsp3) is 0.333. The second kappa shape index (κ2) is 8.82. The lowest BCUT2D eigenvalue weighted by Crippen LogP contribution is -2.41. The highest BCUT2D eigenvalue weighted by Crippen LogP contribution is 2.24. The largest absolute Gasteiger partial charge is 0.361 e.